The molecule has 0 saturated carbocycles. The highest BCUT2D eigenvalue weighted by Crippen LogP contribution is 2.52. The van der Waals surface area contributed by atoms with Crippen LogP contribution in [-0.2, 0) is 25.7 Å². The molecule has 0 aliphatic carbocycles. The van der Waals surface area contributed by atoms with Gasteiger partial charge in [-0.2, -0.15) is 0 Å². The fraction of sp³-hybridized carbons (Fsp3) is 0.720. The van der Waals surface area contributed by atoms with E-state index in [2.05, 4.69) is 31.5 Å². The van der Waals surface area contributed by atoms with Crippen molar-refractivity contribution in [3.05, 3.63) is 16.9 Å². The number of carboxylic acids is 1. The number of β-lactam (4-membered cyclic amide) rings is 1. The Kier molecular flexibility index (Phi) is 7.28. The molecular weight excluding hydrogens is 554 g/mol. The van der Waals surface area contributed by atoms with Crippen molar-refractivity contribution in [2.75, 3.05) is 39.3 Å². The van der Waals surface area contributed by atoms with E-state index < -0.39 is 17.9 Å². The highest BCUT2D eigenvalue weighted by Gasteiger charge is 2.60. The fourth-order valence-corrected chi connectivity index (χ4v) is 8.76. The Morgan fingerprint density at radius 1 is 1.32 bits per heavy atom. The van der Waals surface area contributed by atoms with E-state index in [4.69, 9.17) is 0 Å². The van der Waals surface area contributed by atoms with Crippen molar-refractivity contribution < 1.29 is 29.4 Å². The molecule has 1 aromatic heterocycles. The van der Waals surface area contributed by atoms with Crippen LogP contribution in [0.15, 0.2) is 16.9 Å². The molecule has 4 fully saturated rings. The van der Waals surface area contributed by atoms with Crippen LogP contribution in [0.5, 0.6) is 0 Å². The first-order valence-electron chi connectivity index (χ1n) is 13.9. The zero-order chi connectivity index (χ0) is 29.1. The van der Waals surface area contributed by atoms with E-state index in [-0.39, 0.29) is 71.2 Å². The molecule has 4 saturated heterocycles. The van der Waals surface area contributed by atoms with Crippen molar-refractivity contribution in [2.45, 2.75) is 50.2 Å². The first-order chi connectivity index (χ1) is 19.6. The summed E-state index contributed by atoms with van der Waals surface area (Å²) >= 11 is 1.43. The number of thioether (sulfide) groups is 1. The smallest absolute Gasteiger partial charge is 0.353 e. The molecule has 16 heteroatoms. The predicted octanol–water partition coefficient (Wildman–Crippen LogP) is -2.55. The normalized spacial score (nSPS) is 35.0. The summed E-state index contributed by atoms with van der Waals surface area (Å²) in [5.74, 6) is -2.37. The maximum Gasteiger partial charge on any atom is 0.353 e. The van der Waals surface area contributed by atoms with Gasteiger partial charge in [-0.05, 0) is 29.7 Å². The summed E-state index contributed by atoms with van der Waals surface area (Å²) in [4.78, 5) is 55.2. The van der Waals surface area contributed by atoms with E-state index in [1.54, 1.807) is 6.92 Å². The standard InChI is InChI=1S/C25H35N9O6S/c1-12-19-18(13(2)29-17(36)7-33-11-28-30-31-33)23(38)34(19)20(24(39)40)21(12)41-15-3-16(27-5-15)22(37)32-6-14-4-26-8-25(14,9-32)10-35/h11-16,18-19,26-27,35H,3-10H2,1-2H3,(H,29,36)(H,39,40)/t12-,13-,14?,15+,16+,18-,19-,25?/m1/s1. The lowest BCUT2D eigenvalue weighted by Crippen LogP contribution is -2.66. The van der Waals surface area contributed by atoms with Crippen molar-refractivity contribution in [3.63, 3.8) is 0 Å². The minimum atomic E-state index is -1.16. The Hall–Kier alpha value is -3.08. The number of aliphatic carboxylic acids is 1. The number of aliphatic hydroxyl groups is 1. The van der Waals surface area contributed by atoms with Crippen molar-refractivity contribution in [2.24, 2.45) is 23.2 Å². The van der Waals surface area contributed by atoms with Crippen LogP contribution in [0.2, 0.25) is 0 Å². The van der Waals surface area contributed by atoms with Gasteiger partial charge in [-0.3, -0.25) is 14.4 Å². The van der Waals surface area contributed by atoms with Gasteiger partial charge in [-0.1, -0.05) is 6.92 Å². The second-order valence-electron chi connectivity index (χ2n) is 11.9. The number of aliphatic hydroxyl groups excluding tert-OH is 1. The van der Waals surface area contributed by atoms with Gasteiger partial charge >= 0.3 is 5.97 Å². The molecule has 15 nitrogen and oxygen atoms in total. The Morgan fingerprint density at radius 3 is 2.80 bits per heavy atom. The Morgan fingerprint density at radius 2 is 2.12 bits per heavy atom. The second kappa shape index (κ2) is 10.6. The number of hydrogen-bond acceptors (Lipinski definition) is 11. The topological polar surface area (TPSA) is 195 Å². The molecule has 0 aromatic carbocycles. The van der Waals surface area contributed by atoms with Gasteiger partial charge in [-0.25, -0.2) is 9.48 Å². The Labute approximate surface area is 240 Å². The zero-order valence-electron chi connectivity index (χ0n) is 22.9. The quantitative estimate of drug-likeness (QED) is 0.190. The summed E-state index contributed by atoms with van der Waals surface area (Å²) in [6.07, 6.45) is 1.87. The number of nitrogens with zero attached hydrogens (tertiary/aromatic N) is 6. The third kappa shape index (κ3) is 4.70. The molecule has 2 unspecified atom stereocenters. The van der Waals surface area contributed by atoms with Gasteiger partial charge in [0.25, 0.3) is 0 Å². The maximum absolute atomic E-state index is 13.4. The van der Waals surface area contributed by atoms with Crippen LogP contribution in [0.4, 0.5) is 0 Å². The van der Waals surface area contributed by atoms with Crippen molar-refractivity contribution in [1.82, 2.24) is 46.0 Å². The lowest BCUT2D eigenvalue weighted by atomic mass is 9.78. The summed E-state index contributed by atoms with van der Waals surface area (Å²) in [5.41, 5.74) is -0.273. The lowest BCUT2D eigenvalue weighted by Gasteiger charge is -2.47. The molecule has 0 bridgehead atoms. The van der Waals surface area contributed by atoms with E-state index in [0.29, 0.717) is 37.5 Å². The average Bonchev–Trinajstić information content (AvgIpc) is 3.73. The summed E-state index contributed by atoms with van der Waals surface area (Å²) in [7, 11) is 0. The molecule has 5 N–H and O–H groups in total. The predicted molar refractivity (Wildman–Crippen MR) is 144 cm³/mol. The molecule has 0 spiro atoms. The van der Waals surface area contributed by atoms with Crippen LogP contribution in [0.25, 0.3) is 0 Å². The molecule has 6 rings (SSSR count). The third-order valence-corrected chi connectivity index (χ3v) is 10.9. The molecule has 5 aliphatic heterocycles. The van der Waals surface area contributed by atoms with E-state index in [0.717, 1.165) is 6.54 Å². The SMILES string of the molecule is C[C@@H](NC(=O)Cn1cnnn1)[C@H]1C(=O)N2C(C(=O)O)=C(S[C@@H]3CN[C@H](C(=O)N4CC5CNCC5(CO)C4)C3)[C@H](C)[C@H]12. The molecule has 3 amide bonds. The van der Waals surface area contributed by atoms with E-state index in [1.807, 2.05) is 11.8 Å². The number of nitrogens with one attached hydrogen (secondary N) is 3. The van der Waals surface area contributed by atoms with Crippen molar-refractivity contribution in [3.8, 4) is 0 Å². The number of aromatic nitrogens is 4. The summed E-state index contributed by atoms with van der Waals surface area (Å²) < 4.78 is 1.28. The zero-order valence-corrected chi connectivity index (χ0v) is 23.7. The molecular formula is C25H35N9O6S. The maximum atomic E-state index is 13.4. The van der Waals surface area contributed by atoms with Crippen LogP contribution in [-0.4, -0.2) is 127 Å². The average molecular weight is 590 g/mol. The second-order valence-corrected chi connectivity index (χ2v) is 13.2. The molecule has 5 aliphatic rings. The third-order valence-electron chi connectivity index (χ3n) is 9.40. The molecule has 8 atom stereocenters. The number of carbonyl (C=O) groups is 4. The van der Waals surface area contributed by atoms with Crippen LogP contribution >= 0.6 is 11.8 Å². The lowest BCUT2D eigenvalue weighted by molar-refractivity contribution is -0.158. The van der Waals surface area contributed by atoms with Crippen LogP contribution < -0.4 is 16.0 Å². The van der Waals surface area contributed by atoms with Gasteiger partial charge < -0.3 is 36.0 Å². The molecule has 0 radical (unpaired) electrons. The summed E-state index contributed by atoms with van der Waals surface area (Å²) in [5, 5.41) is 40.2. The summed E-state index contributed by atoms with van der Waals surface area (Å²) in [6.45, 7) is 6.82. The highest BCUT2D eigenvalue weighted by molar-refractivity contribution is 8.03. The number of carboxylic acid groups (broad SMARTS) is 1. The van der Waals surface area contributed by atoms with Gasteiger partial charge in [0.2, 0.25) is 17.7 Å². The van der Waals surface area contributed by atoms with Crippen molar-refractivity contribution in [1.29, 1.82) is 0 Å². The van der Waals surface area contributed by atoms with E-state index in [1.165, 1.54) is 27.7 Å². The van der Waals surface area contributed by atoms with Gasteiger partial charge in [0, 0.05) is 60.3 Å². The number of rotatable bonds is 9. The number of tetrazole rings is 1. The minimum Gasteiger partial charge on any atom is -0.477 e. The summed E-state index contributed by atoms with van der Waals surface area (Å²) in [6, 6.07) is -1.26. The number of fused-ring (bicyclic) bond motifs is 2. The van der Waals surface area contributed by atoms with E-state index >= 15 is 0 Å². The first kappa shape index (κ1) is 28.1. The van der Waals surface area contributed by atoms with Gasteiger partial charge in [0.1, 0.15) is 18.6 Å². The first-order valence-corrected chi connectivity index (χ1v) is 14.8. The van der Waals surface area contributed by atoms with Crippen LogP contribution in [0.1, 0.15) is 20.3 Å². The Bertz CT molecular complexity index is 1280. The molecule has 1 aromatic rings. The Balaban J connectivity index is 1.09. The molecule has 41 heavy (non-hydrogen) atoms. The molecule has 6 heterocycles. The van der Waals surface area contributed by atoms with Gasteiger partial charge in [-0.15, -0.1) is 16.9 Å². The minimum absolute atomic E-state index is 0.000462. The fourth-order valence-electron chi connectivity index (χ4n) is 7.28. The van der Waals surface area contributed by atoms with Crippen LogP contribution in [0, 0.1) is 23.2 Å². The number of amides is 3. The van der Waals surface area contributed by atoms with Gasteiger partial charge in [0.15, 0.2) is 0 Å². The highest BCUT2D eigenvalue weighted by atomic mass is 32.2. The van der Waals surface area contributed by atoms with E-state index in [9.17, 15) is 29.4 Å². The number of likely N-dealkylation sites (tertiary alicyclic amines) is 1. The largest absolute Gasteiger partial charge is 0.477 e. The number of hydrogen-bond donors (Lipinski definition) is 5. The monoisotopic (exact) mass is 589 g/mol. The van der Waals surface area contributed by atoms with Gasteiger partial charge in [0.05, 0.1) is 24.6 Å². The molecule has 222 valence electrons. The van der Waals surface area contributed by atoms with Crippen LogP contribution in [0.3, 0.4) is 0 Å². The number of carbonyl (C=O) groups excluding carboxylic acids is 3. The van der Waals surface area contributed by atoms with Crippen molar-refractivity contribution >= 4 is 35.5 Å².